The highest BCUT2D eigenvalue weighted by Gasteiger charge is 2.35. The van der Waals surface area contributed by atoms with Gasteiger partial charge in [-0.2, -0.15) is 0 Å². The Morgan fingerprint density at radius 1 is 1.10 bits per heavy atom. The Hall–Kier alpha value is -0.0800. The number of rotatable bonds is 6. The Labute approximate surface area is 132 Å². The van der Waals surface area contributed by atoms with Crippen molar-refractivity contribution in [2.75, 3.05) is 19.6 Å². The average molecular weight is 293 g/mol. The van der Waals surface area contributed by atoms with Gasteiger partial charge in [0.05, 0.1) is 0 Å². The van der Waals surface area contributed by atoms with Gasteiger partial charge in [0.1, 0.15) is 0 Å². The quantitative estimate of drug-likeness (QED) is 0.794. The number of hydrogen-bond acceptors (Lipinski definition) is 2. The molecular weight excluding hydrogens is 256 g/mol. The Balaban J connectivity index is 1.59. The standard InChI is InChI=1S/C19H36N2/c1-3-15(2)18-14-21(12-11-16-9-10-16)19(13-20-18)17-7-5-4-6-8-17/h15-20H,3-14H2,1-2H3. The number of nitrogens with one attached hydrogen (secondary N) is 1. The maximum atomic E-state index is 3.91. The summed E-state index contributed by atoms with van der Waals surface area (Å²) in [5.74, 6) is 2.87. The van der Waals surface area contributed by atoms with Crippen LogP contribution in [-0.4, -0.2) is 36.6 Å². The van der Waals surface area contributed by atoms with Gasteiger partial charge in [-0.1, -0.05) is 52.4 Å². The molecule has 2 aliphatic carbocycles. The van der Waals surface area contributed by atoms with Crippen LogP contribution in [-0.2, 0) is 0 Å². The van der Waals surface area contributed by atoms with Crippen molar-refractivity contribution in [1.82, 2.24) is 10.2 Å². The van der Waals surface area contributed by atoms with Gasteiger partial charge < -0.3 is 5.32 Å². The first kappa shape index (κ1) is 15.8. The highest BCUT2D eigenvalue weighted by atomic mass is 15.2. The third-order valence-electron chi connectivity index (χ3n) is 6.54. The van der Waals surface area contributed by atoms with Crippen molar-refractivity contribution in [1.29, 1.82) is 0 Å². The SMILES string of the molecule is CCC(C)C1CN(CCC2CC2)C(C2CCCCC2)CN1. The second-order valence-electron chi connectivity index (χ2n) is 8.09. The average Bonchev–Trinajstić information content (AvgIpc) is 3.37. The van der Waals surface area contributed by atoms with E-state index in [-0.39, 0.29) is 0 Å². The molecule has 3 rings (SSSR count). The van der Waals surface area contributed by atoms with E-state index in [9.17, 15) is 0 Å². The van der Waals surface area contributed by atoms with E-state index in [1.165, 1.54) is 77.4 Å². The summed E-state index contributed by atoms with van der Waals surface area (Å²) < 4.78 is 0. The van der Waals surface area contributed by atoms with Gasteiger partial charge in [0.15, 0.2) is 0 Å². The van der Waals surface area contributed by atoms with E-state index in [1.54, 1.807) is 0 Å². The predicted octanol–water partition coefficient (Wildman–Crippen LogP) is 4.06. The van der Waals surface area contributed by atoms with Crippen LogP contribution in [0.25, 0.3) is 0 Å². The number of hydrogen-bond donors (Lipinski definition) is 1. The Morgan fingerprint density at radius 3 is 2.52 bits per heavy atom. The van der Waals surface area contributed by atoms with Crippen LogP contribution in [0.5, 0.6) is 0 Å². The Morgan fingerprint density at radius 2 is 1.86 bits per heavy atom. The summed E-state index contributed by atoms with van der Waals surface area (Å²) in [7, 11) is 0. The molecule has 122 valence electrons. The maximum absolute atomic E-state index is 3.91. The number of piperazine rings is 1. The fourth-order valence-electron chi connectivity index (χ4n) is 4.52. The summed E-state index contributed by atoms with van der Waals surface area (Å²) in [5.41, 5.74) is 0. The summed E-state index contributed by atoms with van der Waals surface area (Å²) >= 11 is 0. The first-order valence-electron chi connectivity index (χ1n) is 9.75. The molecule has 1 aliphatic heterocycles. The van der Waals surface area contributed by atoms with E-state index in [1.807, 2.05) is 0 Å². The monoisotopic (exact) mass is 292 g/mol. The third kappa shape index (κ3) is 4.22. The molecule has 0 amide bonds. The highest BCUT2D eigenvalue weighted by Crippen LogP contribution is 2.35. The lowest BCUT2D eigenvalue weighted by atomic mass is 9.81. The molecule has 1 saturated heterocycles. The predicted molar refractivity (Wildman–Crippen MR) is 90.5 cm³/mol. The second-order valence-corrected chi connectivity index (χ2v) is 8.09. The molecule has 3 unspecified atom stereocenters. The minimum absolute atomic E-state index is 0.731. The summed E-state index contributed by atoms with van der Waals surface area (Å²) in [5, 5.41) is 3.91. The van der Waals surface area contributed by atoms with Crippen LogP contribution >= 0.6 is 0 Å². The van der Waals surface area contributed by atoms with Gasteiger partial charge in [0.25, 0.3) is 0 Å². The highest BCUT2D eigenvalue weighted by molar-refractivity contribution is 4.93. The van der Waals surface area contributed by atoms with Crippen LogP contribution in [0, 0.1) is 17.8 Å². The van der Waals surface area contributed by atoms with Gasteiger partial charge in [-0.25, -0.2) is 0 Å². The molecule has 1 N–H and O–H groups in total. The van der Waals surface area contributed by atoms with Gasteiger partial charge in [-0.3, -0.25) is 4.90 Å². The molecule has 0 spiro atoms. The molecule has 2 nitrogen and oxygen atoms in total. The fraction of sp³-hybridized carbons (Fsp3) is 1.00. The van der Waals surface area contributed by atoms with Crippen molar-refractivity contribution in [2.45, 2.75) is 83.7 Å². The zero-order valence-corrected chi connectivity index (χ0v) is 14.3. The maximum Gasteiger partial charge on any atom is 0.0249 e. The summed E-state index contributed by atoms with van der Waals surface area (Å²) in [4.78, 5) is 2.90. The van der Waals surface area contributed by atoms with Gasteiger partial charge >= 0.3 is 0 Å². The minimum atomic E-state index is 0.731. The van der Waals surface area contributed by atoms with E-state index in [4.69, 9.17) is 0 Å². The van der Waals surface area contributed by atoms with E-state index >= 15 is 0 Å². The molecule has 1 heterocycles. The molecular formula is C19H36N2. The number of nitrogens with zero attached hydrogens (tertiary/aromatic N) is 1. The van der Waals surface area contributed by atoms with Crippen molar-refractivity contribution < 1.29 is 0 Å². The van der Waals surface area contributed by atoms with E-state index in [2.05, 4.69) is 24.1 Å². The largest absolute Gasteiger partial charge is 0.311 e. The van der Waals surface area contributed by atoms with Crippen molar-refractivity contribution in [3.8, 4) is 0 Å². The third-order valence-corrected chi connectivity index (χ3v) is 6.54. The lowest BCUT2D eigenvalue weighted by Crippen LogP contribution is -2.60. The van der Waals surface area contributed by atoms with Gasteiger partial charge in [0.2, 0.25) is 0 Å². The smallest absolute Gasteiger partial charge is 0.0249 e. The van der Waals surface area contributed by atoms with Crippen LogP contribution in [0.4, 0.5) is 0 Å². The fourth-order valence-corrected chi connectivity index (χ4v) is 4.52. The van der Waals surface area contributed by atoms with Crippen LogP contribution < -0.4 is 5.32 Å². The lowest BCUT2D eigenvalue weighted by Gasteiger charge is -2.46. The van der Waals surface area contributed by atoms with Gasteiger partial charge in [-0.15, -0.1) is 0 Å². The summed E-state index contributed by atoms with van der Waals surface area (Å²) in [6.45, 7) is 8.71. The Kier molecular flexibility index (Phi) is 5.61. The van der Waals surface area contributed by atoms with Crippen LogP contribution in [0.1, 0.15) is 71.6 Å². The summed E-state index contributed by atoms with van der Waals surface area (Å²) in [6.07, 6.45) is 13.2. The molecule has 21 heavy (non-hydrogen) atoms. The van der Waals surface area contributed by atoms with Crippen molar-refractivity contribution in [2.24, 2.45) is 17.8 Å². The summed E-state index contributed by atoms with van der Waals surface area (Å²) in [6, 6.07) is 1.57. The zero-order chi connectivity index (χ0) is 14.7. The molecule has 0 aromatic carbocycles. The van der Waals surface area contributed by atoms with E-state index < -0.39 is 0 Å². The first-order valence-corrected chi connectivity index (χ1v) is 9.75. The van der Waals surface area contributed by atoms with Crippen molar-refractivity contribution in [3.63, 3.8) is 0 Å². The van der Waals surface area contributed by atoms with Crippen molar-refractivity contribution >= 4 is 0 Å². The second kappa shape index (κ2) is 7.46. The molecule has 2 saturated carbocycles. The van der Waals surface area contributed by atoms with Crippen molar-refractivity contribution in [3.05, 3.63) is 0 Å². The molecule has 0 aromatic rings. The zero-order valence-electron chi connectivity index (χ0n) is 14.3. The van der Waals surface area contributed by atoms with E-state index in [0.717, 1.165) is 29.8 Å². The molecule has 3 fully saturated rings. The van der Waals surface area contributed by atoms with Gasteiger partial charge in [-0.05, 0) is 43.6 Å². The van der Waals surface area contributed by atoms with Crippen LogP contribution in [0.2, 0.25) is 0 Å². The van der Waals surface area contributed by atoms with Crippen LogP contribution in [0.15, 0.2) is 0 Å². The first-order chi connectivity index (χ1) is 10.3. The molecule has 2 heteroatoms. The Bertz CT molecular complexity index is 307. The molecule has 0 aromatic heterocycles. The molecule has 3 aliphatic rings. The molecule has 0 bridgehead atoms. The minimum Gasteiger partial charge on any atom is -0.311 e. The normalized spacial score (nSPS) is 34.0. The molecule has 0 radical (unpaired) electrons. The molecule has 3 atom stereocenters. The van der Waals surface area contributed by atoms with Gasteiger partial charge in [0, 0.05) is 25.2 Å². The van der Waals surface area contributed by atoms with Crippen LogP contribution in [0.3, 0.4) is 0 Å². The lowest BCUT2D eigenvalue weighted by molar-refractivity contribution is 0.0570. The topological polar surface area (TPSA) is 15.3 Å². The van der Waals surface area contributed by atoms with E-state index in [0.29, 0.717) is 0 Å².